The number of benzene rings is 3. The maximum absolute atomic E-state index is 15.3. The zero-order valence-corrected chi connectivity index (χ0v) is 33.1. The van der Waals surface area contributed by atoms with E-state index in [1.165, 1.54) is 0 Å². The number of carbonyl (C=O) groups excluding carboxylic acids is 2. The summed E-state index contributed by atoms with van der Waals surface area (Å²) in [4.78, 5) is 39.6. The number of carbonyl (C=O) groups is 2. The molecule has 0 radical (unpaired) electrons. The van der Waals surface area contributed by atoms with Gasteiger partial charge in [-0.2, -0.15) is 0 Å². The van der Waals surface area contributed by atoms with Gasteiger partial charge in [0, 0.05) is 47.7 Å². The first-order valence-corrected chi connectivity index (χ1v) is 20.5. The number of aliphatic imine (C=N–C) groups is 1. The molecule has 278 valence electrons. The van der Waals surface area contributed by atoms with Gasteiger partial charge in [-0.1, -0.05) is 53.5 Å². The predicted molar refractivity (Wildman–Crippen MR) is 208 cm³/mol. The van der Waals surface area contributed by atoms with Crippen molar-refractivity contribution in [2.75, 3.05) is 44.3 Å². The van der Waals surface area contributed by atoms with Gasteiger partial charge in [0.15, 0.2) is 0 Å². The van der Waals surface area contributed by atoms with Gasteiger partial charge in [0.1, 0.15) is 38.3 Å². The molecule has 0 aromatic heterocycles. The van der Waals surface area contributed by atoms with E-state index in [2.05, 4.69) is 4.90 Å². The lowest BCUT2D eigenvalue weighted by Crippen LogP contribution is -2.61. The number of rotatable bonds is 8. The van der Waals surface area contributed by atoms with Crippen LogP contribution in [0, 0.1) is 0 Å². The highest BCUT2D eigenvalue weighted by Crippen LogP contribution is 2.54. The molecule has 2 saturated heterocycles. The summed E-state index contributed by atoms with van der Waals surface area (Å²) in [6.07, 6.45) is 1.23. The van der Waals surface area contributed by atoms with Gasteiger partial charge in [0.2, 0.25) is 0 Å². The van der Waals surface area contributed by atoms with E-state index in [1.54, 1.807) is 6.92 Å². The van der Waals surface area contributed by atoms with Crippen LogP contribution >= 0.6 is 23.2 Å². The van der Waals surface area contributed by atoms with Crippen molar-refractivity contribution in [1.82, 2.24) is 14.7 Å². The van der Waals surface area contributed by atoms with Gasteiger partial charge >= 0.3 is 6.03 Å². The normalized spacial score (nSPS) is 24.1. The summed E-state index contributed by atoms with van der Waals surface area (Å²) in [5, 5.41) is 1.16. The first-order chi connectivity index (χ1) is 24.5. The number of amidine groups is 1. The molecule has 0 aliphatic carbocycles. The quantitative estimate of drug-likeness (QED) is 0.236. The maximum Gasteiger partial charge on any atom is 0.326 e. The van der Waals surface area contributed by atoms with Gasteiger partial charge < -0.3 is 9.64 Å². The van der Waals surface area contributed by atoms with E-state index in [0.717, 1.165) is 16.7 Å². The Morgan fingerprint density at radius 3 is 1.98 bits per heavy atom. The summed E-state index contributed by atoms with van der Waals surface area (Å²) >= 11 is 12.8. The number of urea groups is 1. The van der Waals surface area contributed by atoms with Crippen LogP contribution in [0.3, 0.4) is 0 Å². The maximum atomic E-state index is 15.3. The Morgan fingerprint density at radius 1 is 0.885 bits per heavy atom. The zero-order valence-electron chi connectivity index (χ0n) is 30.8. The van der Waals surface area contributed by atoms with Crippen LogP contribution in [0.5, 0.6) is 5.75 Å². The summed E-state index contributed by atoms with van der Waals surface area (Å²) in [5.41, 5.74) is 0.326. The summed E-state index contributed by atoms with van der Waals surface area (Å²) in [6.45, 7) is 14.0. The second-order valence-corrected chi connectivity index (χ2v) is 18.1. The molecule has 3 aromatic rings. The number of ketones is 1. The molecule has 3 aliphatic rings. The van der Waals surface area contributed by atoms with Crippen molar-refractivity contribution in [2.24, 2.45) is 4.99 Å². The SMILES string of the molecule is CCOc1cc(C(C)(C)C(C)=O)ccc1C1=N[C@@](C)(c2ccc(Cl)cc2)[C@@](C)(c2ccc(Cl)cc2)N1C(=O)N1CCN(C2CCS(=O)(=O)CC2)CC1. The third-order valence-corrected chi connectivity index (χ3v) is 13.9. The molecule has 3 aromatic carbocycles. The highest BCUT2D eigenvalue weighted by molar-refractivity contribution is 7.91. The Balaban J connectivity index is 1.49. The van der Waals surface area contributed by atoms with E-state index in [9.17, 15) is 13.2 Å². The molecule has 0 unspecified atom stereocenters. The Bertz CT molecular complexity index is 1960. The van der Waals surface area contributed by atoms with Crippen molar-refractivity contribution < 1.29 is 22.7 Å². The van der Waals surface area contributed by atoms with E-state index >= 15 is 4.79 Å². The lowest BCUT2D eigenvalue weighted by Gasteiger charge is -2.48. The molecule has 0 N–H and O–H groups in total. The average Bonchev–Trinajstić information content (AvgIpc) is 3.36. The molecule has 0 bridgehead atoms. The smallest absolute Gasteiger partial charge is 0.326 e. The lowest BCUT2D eigenvalue weighted by molar-refractivity contribution is -0.121. The molecule has 0 saturated carbocycles. The third kappa shape index (κ3) is 6.88. The molecule has 2 amide bonds. The fraction of sp³-hybridized carbons (Fsp3) is 0.475. The summed E-state index contributed by atoms with van der Waals surface area (Å²) in [6, 6.07) is 20.9. The standard InChI is InChI=1S/C40H48Cl2N4O5S/c1-7-51-35-26-30(38(3,4)27(2)47)12-17-34(35)36-43-39(5,28-8-13-31(41)14-9-28)40(6,29-10-15-32(42)16-11-29)46(36)37(48)45-22-20-44(21-23-45)33-18-24-52(49,50)25-19-33/h8-17,26,33H,7,18-25H2,1-6H3/t39-,40+/m0/s1. The number of amides is 2. The molecule has 12 heteroatoms. The van der Waals surface area contributed by atoms with Gasteiger partial charge in [0.25, 0.3) is 0 Å². The highest BCUT2D eigenvalue weighted by Gasteiger charge is 2.60. The number of hydrogen-bond acceptors (Lipinski definition) is 7. The van der Waals surface area contributed by atoms with Gasteiger partial charge in [-0.3, -0.25) is 19.6 Å². The topological polar surface area (TPSA) is 99.6 Å². The molecule has 0 spiro atoms. The van der Waals surface area contributed by atoms with E-state index in [0.29, 0.717) is 72.8 Å². The molecule has 3 heterocycles. The fourth-order valence-electron chi connectivity index (χ4n) is 7.80. The number of sulfone groups is 1. The van der Waals surface area contributed by atoms with E-state index in [4.69, 9.17) is 32.9 Å². The fourth-order valence-corrected chi connectivity index (χ4v) is 9.52. The monoisotopic (exact) mass is 766 g/mol. The van der Waals surface area contributed by atoms with Crippen molar-refractivity contribution in [1.29, 1.82) is 0 Å². The average molecular weight is 768 g/mol. The van der Waals surface area contributed by atoms with Crippen LogP contribution in [0.4, 0.5) is 4.79 Å². The van der Waals surface area contributed by atoms with Crippen molar-refractivity contribution in [3.63, 3.8) is 0 Å². The highest BCUT2D eigenvalue weighted by atomic mass is 35.5. The molecular formula is C40H48Cl2N4O5S. The van der Waals surface area contributed by atoms with E-state index in [-0.39, 0.29) is 29.4 Å². The number of Topliss-reactive ketones (excluding diaryl/α,β-unsaturated/α-hetero) is 1. The first kappa shape index (κ1) is 38.3. The minimum atomic E-state index is -2.98. The van der Waals surface area contributed by atoms with Gasteiger partial charge in [-0.25, -0.2) is 13.2 Å². The molecule has 6 rings (SSSR count). The number of piperazine rings is 1. The minimum absolute atomic E-state index is 0.0253. The third-order valence-electron chi connectivity index (χ3n) is 11.7. The number of halogens is 2. The van der Waals surface area contributed by atoms with Crippen molar-refractivity contribution in [2.45, 2.75) is 76.9 Å². The van der Waals surface area contributed by atoms with E-state index < -0.39 is 26.3 Å². The first-order valence-electron chi connectivity index (χ1n) is 18.0. The summed E-state index contributed by atoms with van der Waals surface area (Å²) in [5.74, 6) is 1.42. The second kappa shape index (κ2) is 14.4. The number of nitrogens with zero attached hydrogens (tertiary/aromatic N) is 4. The van der Waals surface area contributed by atoms with Gasteiger partial charge in [-0.05, 0) is 107 Å². The van der Waals surface area contributed by atoms with Crippen LogP contribution in [0.25, 0.3) is 0 Å². The Hall–Kier alpha value is -3.44. The predicted octanol–water partition coefficient (Wildman–Crippen LogP) is 7.47. The van der Waals surface area contributed by atoms with Crippen LogP contribution in [0.15, 0.2) is 71.7 Å². The zero-order chi connectivity index (χ0) is 37.6. The van der Waals surface area contributed by atoms with Gasteiger partial charge in [0.05, 0.1) is 23.7 Å². The van der Waals surface area contributed by atoms with Crippen LogP contribution in [-0.2, 0) is 31.1 Å². The Kier molecular flexibility index (Phi) is 10.6. The molecular weight excluding hydrogens is 719 g/mol. The Morgan fingerprint density at radius 2 is 1.44 bits per heavy atom. The molecule has 52 heavy (non-hydrogen) atoms. The summed E-state index contributed by atoms with van der Waals surface area (Å²) < 4.78 is 30.5. The van der Waals surface area contributed by atoms with Crippen LogP contribution in [0.1, 0.15) is 76.6 Å². The van der Waals surface area contributed by atoms with Crippen LogP contribution in [-0.4, -0.2) is 91.1 Å². The number of hydrogen-bond donors (Lipinski definition) is 0. The molecule has 2 fully saturated rings. The van der Waals surface area contributed by atoms with Crippen molar-refractivity contribution in [3.8, 4) is 5.75 Å². The lowest BCUT2D eigenvalue weighted by atomic mass is 9.71. The van der Waals surface area contributed by atoms with Crippen molar-refractivity contribution in [3.05, 3.63) is 99.0 Å². The largest absolute Gasteiger partial charge is 0.493 e. The van der Waals surface area contributed by atoms with Crippen molar-refractivity contribution >= 4 is 50.7 Å². The minimum Gasteiger partial charge on any atom is -0.493 e. The Labute approximate surface area is 317 Å². The molecule has 3 aliphatic heterocycles. The molecule has 2 atom stereocenters. The van der Waals surface area contributed by atoms with Crippen LogP contribution < -0.4 is 4.74 Å². The second-order valence-electron chi connectivity index (χ2n) is 14.9. The van der Waals surface area contributed by atoms with Gasteiger partial charge in [-0.15, -0.1) is 0 Å². The number of ether oxygens (including phenoxy) is 1. The molecule has 9 nitrogen and oxygen atoms in total. The van der Waals surface area contributed by atoms with E-state index in [1.807, 2.05) is 111 Å². The van der Waals surface area contributed by atoms with Crippen LogP contribution in [0.2, 0.25) is 10.0 Å². The summed E-state index contributed by atoms with van der Waals surface area (Å²) in [7, 11) is -2.98.